The molecule has 0 aromatic heterocycles. The fourth-order valence-corrected chi connectivity index (χ4v) is 1.65. The third-order valence-electron chi connectivity index (χ3n) is 1.79. The van der Waals surface area contributed by atoms with E-state index in [1.54, 1.807) is 24.2 Å². The molecular weight excluding hydrogens is 366 g/mol. The second-order valence-corrected chi connectivity index (χ2v) is 7.08. The normalized spacial score (nSPS) is 18.7. The zero-order chi connectivity index (χ0) is 13.4. The van der Waals surface area contributed by atoms with Gasteiger partial charge in [-0.1, -0.05) is 30.2 Å². The van der Waals surface area contributed by atoms with Gasteiger partial charge >= 0.3 is 41.3 Å². The van der Waals surface area contributed by atoms with E-state index < -0.39 is 0 Å². The molecule has 0 radical (unpaired) electrons. The number of allylic oxidation sites excluding steroid dienone is 8. The molecule has 98 valence electrons. The van der Waals surface area contributed by atoms with Crippen molar-refractivity contribution in [3.05, 3.63) is 46.6 Å². The molecule has 0 heterocycles. The van der Waals surface area contributed by atoms with Crippen LogP contribution in [0, 0.1) is 6.08 Å². The zero-order valence-electron chi connectivity index (χ0n) is 11.0. The maximum atomic E-state index is 5.99. The van der Waals surface area contributed by atoms with Crippen molar-refractivity contribution >= 4 is 26.4 Å². The van der Waals surface area contributed by atoms with Crippen LogP contribution in [-0.4, -0.2) is 8.58 Å². The Balaban J connectivity index is 0. The third kappa shape index (κ3) is 8.64. The van der Waals surface area contributed by atoms with Crippen LogP contribution in [0.2, 0.25) is 0 Å². The quantitative estimate of drug-likeness (QED) is 0.388. The summed E-state index contributed by atoms with van der Waals surface area (Å²) < 4.78 is 1.51. The van der Waals surface area contributed by atoms with Crippen molar-refractivity contribution in [3.8, 4) is 0 Å². The SMILES string of the molecule is CC=CC=CC1=C(Cl)C(Cl)[C-]=C1C.C[C](C)=[Zr+2].[Cl-]. The summed E-state index contributed by atoms with van der Waals surface area (Å²) in [6.45, 7) is 8.17. The fourth-order valence-electron chi connectivity index (χ4n) is 1.11. The molecule has 0 N–H and O–H groups in total. The molecule has 1 atom stereocenters. The van der Waals surface area contributed by atoms with Crippen LogP contribution in [0.3, 0.4) is 0 Å². The number of rotatable bonds is 2. The van der Waals surface area contributed by atoms with E-state index in [4.69, 9.17) is 23.2 Å². The van der Waals surface area contributed by atoms with Crippen molar-refractivity contribution in [1.29, 1.82) is 0 Å². The van der Waals surface area contributed by atoms with Gasteiger partial charge in [-0.15, -0.1) is 29.3 Å². The first-order valence-corrected chi connectivity index (χ1v) is 7.39. The molecule has 0 fully saturated rings. The molecule has 1 aliphatic carbocycles. The molecule has 0 spiro atoms. The van der Waals surface area contributed by atoms with Gasteiger partial charge in [0.1, 0.15) is 0 Å². The Morgan fingerprint density at radius 2 is 1.83 bits per heavy atom. The number of hydrogen-bond donors (Lipinski definition) is 0. The molecule has 0 aromatic rings. The van der Waals surface area contributed by atoms with Gasteiger partial charge in [-0.05, 0) is 12.3 Å². The molecule has 1 rings (SSSR count). The van der Waals surface area contributed by atoms with Crippen LogP contribution < -0.4 is 12.4 Å². The maximum Gasteiger partial charge on any atom is -1.00 e. The molecule has 0 nitrogen and oxygen atoms in total. The minimum Gasteiger partial charge on any atom is -1.00 e. The summed E-state index contributed by atoms with van der Waals surface area (Å²) in [6.07, 6.45) is 10.8. The summed E-state index contributed by atoms with van der Waals surface area (Å²) >= 11 is 13.4. The summed E-state index contributed by atoms with van der Waals surface area (Å²) in [4.78, 5) is 0. The molecule has 0 saturated carbocycles. The van der Waals surface area contributed by atoms with Gasteiger partial charge in [0.15, 0.2) is 0 Å². The summed E-state index contributed by atoms with van der Waals surface area (Å²) in [7, 11) is 0. The van der Waals surface area contributed by atoms with Gasteiger partial charge in [-0.3, -0.25) is 0 Å². The molecular formula is C14H17Cl3Zr. The largest absolute Gasteiger partial charge is 1.00 e. The van der Waals surface area contributed by atoms with Crippen molar-refractivity contribution in [2.24, 2.45) is 0 Å². The Morgan fingerprint density at radius 3 is 2.17 bits per heavy atom. The monoisotopic (exact) mass is 380 g/mol. The van der Waals surface area contributed by atoms with Gasteiger partial charge in [0, 0.05) is 0 Å². The van der Waals surface area contributed by atoms with Crippen molar-refractivity contribution in [3.63, 3.8) is 0 Å². The van der Waals surface area contributed by atoms with Crippen LogP contribution in [-0.2, 0) is 24.2 Å². The summed E-state index contributed by atoms with van der Waals surface area (Å²) in [5.41, 5.74) is 2.01. The zero-order valence-corrected chi connectivity index (χ0v) is 15.7. The first kappa shape index (κ1) is 20.9. The second-order valence-electron chi connectivity index (χ2n) is 3.78. The summed E-state index contributed by atoms with van der Waals surface area (Å²) in [6, 6.07) is 0. The van der Waals surface area contributed by atoms with Gasteiger partial charge in [0.25, 0.3) is 0 Å². The van der Waals surface area contributed by atoms with Gasteiger partial charge in [0.2, 0.25) is 0 Å². The van der Waals surface area contributed by atoms with Crippen molar-refractivity contribution in [2.45, 2.75) is 33.1 Å². The van der Waals surface area contributed by atoms with Crippen LogP contribution in [0.1, 0.15) is 27.7 Å². The van der Waals surface area contributed by atoms with E-state index in [1.165, 1.54) is 3.21 Å². The van der Waals surface area contributed by atoms with Crippen LogP contribution in [0.5, 0.6) is 0 Å². The van der Waals surface area contributed by atoms with E-state index in [9.17, 15) is 0 Å². The Hall–Kier alpha value is 0.583. The maximum absolute atomic E-state index is 5.99. The van der Waals surface area contributed by atoms with Crippen LogP contribution in [0.15, 0.2) is 40.5 Å². The Bertz CT molecular complexity index is 386. The Kier molecular flexibility index (Phi) is 13.2. The topological polar surface area (TPSA) is 0 Å². The van der Waals surface area contributed by atoms with E-state index in [2.05, 4.69) is 19.9 Å². The number of halogens is 3. The molecule has 0 saturated heterocycles. The summed E-state index contributed by atoms with van der Waals surface area (Å²) in [5, 5.41) is 0.395. The summed E-state index contributed by atoms with van der Waals surface area (Å²) in [5.74, 6) is 0. The number of alkyl halides is 1. The third-order valence-corrected chi connectivity index (χ3v) is 2.65. The molecule has 1 unspecified atom stereocenters. The van der Waals surface area contributed by atoms with Gasteiger partial charge in [-0.2, -0.15) is 5.57 Å². The van der Waals surface area contributed by atoms with Crippen molar-refractivity contribution in [1.82, 2.24) is 0 Å². The molecule has 18 heavy (non-hydrogen) atoms. The molecule has 0 amide bonds. The van der Waals surface area contributed by atoms with Crippen molar-refractivity contribution in [2.75, 3.05) is 0 Å². The first-order chi connectivity index (χ1) is 7.90. The van der Waals surface area contributed by atoms with Crippen LogP contribution in [0.25, 0.3) is 0 Å². The minimum atomic E-state index is -0.271. The average molecular weight is 383 g/mol. The smallest absolute Gasteiger partial charge is 1.00 e. The van der Waals surface area contributed by atoms with E-state index in [1.807, 2.05) is 38.2 Å². The molecule has 4 heteroatoms. The first-order valence-electron chi connectivity index (χ1n) is 5.35. The Morgan fingerprint density at radius 1 is 1.33 bits per heavy atom. The predicted octanol–water partition coefficient (Wildman–Crippen LogP) is 1.73. The van der Waals surface area contributed by atoms with Crippen molar-refractivity contribution < 1.29 is 36.6 Å². The van der Waals surface area contributed by atoms with Gasteiger partial charge in [0.05, 0.1) is 0 Å². The van der Waals surface area contributed by atoms with E-state index in [0.29, 0.717) is 5.03 Å². The van der Waals surface area contributed by atoms with Crippen LogP contribution in [0.4, 0.5) is 0 Å². The molecule has 0 aliphatic heterocycles. The molecule has 0 bridgehead atoms. The minimum absolute atomic E-state index is 0. The average Bonchev–Trinajstić information content (AvgIpc) is 2.44. The Labute approximate surface area is 142 Å². The van der Waals surface area contributed by atoms with E-state index >= 15 is 0 Å². The van der Waals surface area contributed by atoms with Gasteiger partial charge < -0.3 is 12.4 Å². The van der Waals surface area contributed by atoms with E-state index in [0.717, 1.165) is 11.1 Å². The van der Waals surface area contributed by atoms with Crippen LogP contribution >= 0.6 is 23.2 Å². The van der Waals surface area contributed by atoms with E-state index in [-0.39, 0.29) is 17.8 Å². The molecule has 0 aromatic carbocycles. The molecule has 1 aliphatic rings. The van der Waals surface area contributed by atoms with Gasteiger partial charge in [-0.25, -0.2) is 11.6 Å². The second kappa shape index (κ2) is 11.4. The fraction of sp³-hybridized carbons (Fsp3) is 0.357. The number of hydrogen-bond acceptors (Lipinski definition) is 0. The predicted molar refractivity (Wildman–Crippen MR) is 75.3 cm³/mol. The standard InChI is InChI=1S/C11H11Cl2.C3H6.ClH.Zr/c1-3-4-5-6-9-8(2)7-10(12)11(9)13;1-3-2;;/h3-6,10H,1-2H3;1-2H3;1H;/q-1;;;+2/p-1.